The van der Waals surface area contributed by atoms with E-state index in [1.807, 2.05) is 59.6 Å². The second-order valence-corrected chi connectivity index (χ2v) is 10.5. The van der Waals surface area contributed by atoms with E-state index in [1.54, 1.807) is 14.2 Å². The Labute approximate surface area is 226 Å². The summed E-state index contributed by atoms with van der Waals surface area (Å²) in [4.78, 5) is 20.0. The van der Waals surface area contributed by atoms with Crippen molar-refractivity contribution in [1.29, 1.82) is 0 Å². The molecule has 0 bridgehead atoms. The predicted octanol–water partition coefficient (Wildman–Crippen LogP) is 5.02. The number of ether oxygens (including phenoxy) is 3. The standard InChI is InChI=1S/C13H17BrN2O2.C12H13BrN2O3/c1-13(2,17)5-4-9-7-16-8-10(14)11(18-3)6-12(16)15-9;1-17-10-5-11-14-8(3-4-12(16)18-2)6-15(11)7-9(10)13/h6-8,17H,4-5H2,1-3H3;5-7H,3-4H2,1-2H3. The van der Waals surface area contributed by atoms with E-state index in [9.17, 15) is 9.90 Å². The Morgan fingerprint density at radius 3 is 1.78 bits per heavy atom. The van der Waals surface area contributed by atoms with E-state index in [0.717, 1.165) is 49.5 Å². The molecule has 11 heteroatoms. The Kier molecular flexibility index (Phi) is 9.37. The average Bonchev–Trinajstić information content (AvgIpc) is 3.42. The summed E-state index contributed by atoms with van der Waals surface area (Å²) in [5.41, 5.74) is 2.79. The van der Waals surface area contributed by atoms with Crippen LogP contribution in [0, 0.1) is 0 Å². The van der Waals surface area contributed by atoms with Crippen LogP contribution in [-0.2, 0) is 22.4 Å². The monoisotopic (exact) mass is 624 g/mol. The van der Waals surface area contributed by atoms with Crippen LogP contribution in [0.5, 0.6) is 11.5 Å². The summed E-state index contributed by atoms with van der Waals surface area (Å²) in [6, 6.07) is 3.73. The third kappa shape index (κ3) is 7.44. The third-order valence-corrected chi connectivity index (χ3v) is 6.55. The quantitative estimate of drug-likeness (QED) is 0.275. The Balaban J connectivity index is 0.000000201. The number of carbonyl (C=O) groups excluding carboxylic acids is 1. The fraction of sp³-hybridized carbons (Fsp3) is 0.400. The van der Waals surface area contributed by atoms with Crippen molar-refractivity contribution in [3.05, 3.63) is 57.3 Å². The first-order chi connectivity index (χ1) is 17.0. The lowest BCUT2D eigenvalue weighted by atomic mass is 10.0. The summed E-state index contributed by atoms with van der Waals surface area (Å²) in [6.07, 6.45) is 10.0. The molecule has 0 aliphatic carbocycles. The van der Waals surface area contributed by atoms with Gasteiger partial charge in [0, 0.05) is 43.3 Å². The molecule has 194 valence electrons. The highest BCUT2D eigenvalue weighted by Gasteiger charge is 2.14. The highest BCUT2D eigenvalue weighted by Crippen LogP contribution is 2.27. The van der Waals surface area contributed by atoms with Crippen LogP contribution in [-0.4, -0.2) is 56.8 Å². The van der Waals surface area contributed by atoms with Gasteiger partial charge in [0.25, 0.3) is 0 Å². The summed E-state index contributed by atoms with van der Waals surface area (Å²) in [5.74, 6) is 1.26. The first-order valence-electron chi connectivity index (χ1n) is 11.2. The zero-order valence-corrected chi connectivity index (χ0v) is 24.1. The molecule has 4 aromatic heterocycles. The number of imidazole rings is 2. The first kappa shape index (κ1) is 27.9. The number of halogens is 2. The van der Waals surface area contributed by atoms with Crippen LogP contribution in [0.2, 0.25) is 0 Å². The van der Waals surface area contributed by atoms with Crippen molar-refractivity contribution in [3.63, 3.8) is 0 Å². The fourth-order valence-electron chi connectivity index (χ4n) is 3.41. The summed E-state index contributed by atoms with van der Waals surface area (Å²) in [7, 11) is 4.63. The third-order valence-electron chi connectivity index (χ3n) is 5.36. The maximum absolute atomic E-state index is 11.1. The molecule has 0 atom stereocenters. The molecule has 0 unspecified atom stereocenters. The van der Waals surface area contributed by atoms with Crippen LogP contribution < -0.4 is 9.47 Å². The number of carbonyl (C=O) groups is 1. The van der Waals surface area contributed by atoms with E-state index >= 15 is 0 Å². The molecule has 0 aliphatic rings. The molecular formula is C25H30Br2N4O5. The van der Waals surface area contributed by atoms with Crippen molar-refractivity contribution in [2.75, 3.05) is 21.3 Å². The number of rotatable bonds is 8. The number of hydrogen-bond donors (Lipinski definition) is 1. The second kappa shape index (κ2) is 12.1. The average molecular weight is 626 g/mol. The minimum Gasteiger partial charge on any atom is -0.495 e. The summed E-state index contributed by atoms with van der Waals surface area (Å²) >= 11 is 6.86. The van der Waals surface area contributed by atoms with Crippen LogP contribution in [0.4, 0.5) is 0 Å². The Bertz CT molecular complexity index is 1340. The lowest BCUT2D eigenvalue weighted by Crippen LogP contribution is -2.19. The highest BCUT2D eigenvalue weighted by atomic mass is 79.9. The Morgan fingerprint density at radius 2 is 1.36 bits per heavy atom. The van der Waals surface area contributed by atoms with E-state index in [1.165, 1.54) is 7.11 Å². The van der Waals surface area contributed by atoms with Crippen molar-refractivity contribution in [3.8, 4) is 11.5 Å². The highest BCUT2D eigenvalue weighted by molar-refractivity contribution is 9.10. The van der Waals surface area contributed by atoms with E-state index in [2.05, 4.69) is 46.6 Å². The van der Waals surface area contributed by atoms with Gasteiger partial charge in [0.05, 0.1) is 53.7 Å². The van der Waals surface area contributed by atoms with E-state index in [-0.39, 0.29) is 5.97 Å². The molecule has 0 saturated carbocycles. The van der Waals surface area contributed by atoms with Crippen molar-refractivity contribution in [2.45, 2.75) is 45.1 Å². The molecular weight excluding hydrogens is 596 g/mol. The molecule has 9 nitrogen and oxygen atoms in total. The molecule has 0 aliphatic heterocycles. The van der Waals surface area contributed by atoms with Gasteiger partial charge in [-0.05, 0) is 58.5 Å². The molecule has 4 aromatic rings. The molecule has 0 radical (unpaired) electrons. The number of aromatic nitrogens is 4. The lowest BCUT2D eigenvalue weighted by molar-refractivity contribution is -0.140. The zero-order chi connectivity index (χ0) is 26.5. The van der Waals surface area contributed by atoms with Crippen LogP contribution in [0.25, 0.3) is 11.3 Å². The number of nitrogens with zero attached hydrogens (tertiary/aromatic N) is 4. The maximum atomic E-state index is 11.1. The van der Waals surface area contributed by atoms with Gasteiger partial charge >= 0.3 is 5.97 Å². The normalized spacial score (nSPS) is 11.3. The minimum atomic E-state index is -0.659. The number of esters is 1. The summed E-state index contributed by atoms with van der Waals surface area (Å²) in [6.45, 7) is 3.62. The first-order valence-corrected chi connectivity index (χ1v) is 12.8. The van der Waals surface area contributed by atoms with Crippen molar-refractivity contribution < 1.29 is 24.1 Å². The van der Waals surface area contributed by atoms with Crippen LogP contribution in [0.15, 0.2) is 45.9 Å². The number of fused-ring (bicyclic) bond motifs is 2. The second-order valence-electron chi connectivity index (χ2n) is 8.76. The van der Waals surface area contributed by atoms with Gasteiger partial charge in [-0.15, -0.1) is 0 Å². The van der Waals surface area contributed by atoms with Gasteiger partial charge in [-0.3, -0.25) is 4.79 Å². The maximum Gasteiger partial charge on any atom is 0.305 e. The number of aryl methyl sites for hydroxylation is 2. The van der Waals surface area contributed by atoms with E-state index in [0.29, 0.717) is 19.3 Å². The molecule has 0 aromatic carbocycles. The van der Waals surface area contributed by atoms with Crippen molar-refractivity contribution in [2.24, 2.45) is 0 Å². The van der Waals surface area contributed by atoms with Crippen LogP contribution in [0.3, 0.4) is 0 Å². The van der Waals surface area contributed by atoms with Gasteiger partial charge < -0.3 is 28.1 Å². The Morgan fingerprint density at radius 1 is 0.889 bits per heavy atom. The van der Waals surface area contributed by atoms with E-state index < -0.39 is 5.60 Å². The molecule has 0 fully saturated rings. The van der Waals surface area contributed by atoms with E-state index in [4.69, 9.17) is 9.47 Å². The smallest absolute Gasteiger partial charge is 0.305 e. The van der Waals surface area contributed by atoms with Gasteiger partial charge in [-0.1, -0.05) is 0 Å². The number of methoxy groups -OCH3 is 3. The molecule has 0 amide bonds. The largest absolute Gasteiger partial charge is 0.495 e. The molecule has 1 N–H and O–H groups in total. The van der Waals surface area contributed by atoms with Crippen LogP contribution in [0.1, 0.15) is 38.1 Å². The predicted molar refractivity (Wildman–Crippen MR) is 144 cm³/mol. The number of aliphatic hydroxyl groups is 1. The lowest BCUT2D eigenvalue weighted by Gasteiger charge is -2.15. The molecule has 0 saturated heterocycles. The van der Waals surface area contributed by atoms with Crippen LogP contribution >= 0.6 is 31.9 Å². The molecule has 4 heterocycles. The minimum absolute atomic E-state index is 0.231. The zero-order valence-electron chi connectivity index (χ0n) is 20.9. The van der Waals surface area contributed by atoms with Gasteiger partial charge in [0.1, 0.15) is 22.8 Å². The fourth-order valence-corrected chi connectivity index (χ4v) is 4.40. The van der Waals surface area contributed by atoms with Gasteiger partial charge in [-0.2, -0.15) is 0 Å². The number of pyridine rings is 2. The Hall–Kier alpha value is -2.63. The molecule has 36 heavy (non-hydrogen) atoms. The van der Waals surface area contributed by atoms with Crippen molar-refractivity contribution in [1.82, 2.24) is 18.8 Å². The summed E-state index contributed by atoms with van der Waals surface area (Å²) in [5, 5.41) is 9.72. The molecule has 0 spiro atoms. The van der Waals surface area contributed by atoms with Gasteiger partial charge in [0.2, 0.25) is 0 Å². The molecule has 4 rings (SSSR count). The summed E-state index contributed by atoms with van der Waals surface area (Å²) < 4.78 is 20.6. The topological polar surface area (TPSA) is 99.6 Å². The number of hydrogen-bond acceptors (Lipinski definition) is 7. The van der Waals surface area contributed by atoms with Gasteiger partial charge in [-0.25, -0.2) is 9.97 Å². The van der Waals surface area contributed by atoms with Crippen molar-refractivity contribution >= 4 is 49.1 Å². The SMILES string of the molecule is COC(=O)CCc1cn2cc(Br)c(OC)cc2n1.COc1cc2nc(CCC(C)(C)O)cn2cc1Br. The van der Waals surface area contributed by atoms with Gasteiger partial charge in [0.15, 0.2) is 0 Å².